The number of morpholine rings is 1. The molecule has 0 bridgehead atoms. The van der Waals surface area contributed by atoms with Crippen LogP contribution in [0.2, 0.25) is 0 Å². The van der Waals surface area contributed by atoms with Crippen molar-refractivity contribution in [1.82, 2.24) is 5.32 Å². The first-order valence-electron chi connectivity index (χ1n) is 5.05. The van der Waals surface area contributed by atoms with Crippen molar-refractivity contribution in [2.75, 3.05) is 19.7 Å². The van der Waals surface area contributed by atoms with Crippen molar-refractivity contribution in [2.24, 2.45) is 0 Å². The average Bonchev–Trinajstić information content (AvgIpc) is 2.25. The van der Waals surface area contributed by atoms with Crippen LogP contribution in [0.3, 0.4) is 0 Å². The topological polar surface area (TPSA) is 41.5 Å². The Labute approximate surface area is 97.6 Å². The number of aromatic hydroxyl groups is 1. The molecule has 1 atom stereocenters. The van der Waals surface area contributed by atoms with Crippen LogP contribution in [-0.4, -0.2) is 30.9 Å². The molecular weight excluding hydrogens is 258 g/mol. The Hall–Kier alpha value is -0.580. The van der Waals surface area contributed by atoms with Crippen molar-refractivity contribution in [2.45, 2.75) is 12.5 Å². The summed E-state index contributed by atoms with van der Waals surface area (Å²) in [6.07, 6.45) is 1.06. The summed E-state index contributed by atoms with van der Waals surface area (Å²) < 4.78 is 6.33. The van der Waals surface area contributed by atoms with Crippen molar-refractivity contribution in [3.8, 4) is 5.75 Å². The number of hydrogen-bond donors (Lipinski definition) is 2. The molecule has 1 heterocycles. The number of benzene rings is 1. The van der Waals surface area contributed by atoms with Gasteiger partial charge in [0.15, 0.2) is 0 Å². The SMILES string of the molecule is Oc1cc(CC2CNCCO2)ccc1Br. The number of halogens is 1. The van der Waals surface area contributed by atoms with E-state index in [4.69, 9.17) is 4.74 Å². The molecule has 15 heavy (non-hydrogen) atoms. The van der Waals surface area contributed by atoms with Gasteiger partial charge in [0.1, 0.15) is 5.75 Å². The van der Waals surface area contributed by atoms with E-state index < -0.39 is 0 Å². The Balaban J connectivity index is 2.00. The third kappa shape index (κ3) is 2.93. The van der Waals surface area contributed by atoms with E-state index in [1.165, 1.54) is 0 Å². The summed E-state index contributed by atoms with van der Waals surface area (Å²) in [5.41, 5.74) is 1.10. The van der Waals surface area contributed by atoms with Crippen LogP contribution in [0.15, 0.2) is 22.7 Å². The molecule has 82 valence electrons. The van der Waals surface area contributed by atoms with Gasteiger partial charge in [-0.15, -0.1) is 0 Å². The molecule has 3 nitrogen and oxygen atoms in total. The van der Waals surface area contributed by atoms with Crippen molar-refractivity contribution in [3.05, 3.63) is 28.2 Å². The van der Waals surface area contributed by atoms with Gasteiger partial charge in [-0.05, 0) is 33.6 Å². The predicted octanol–water partition coefficient (Wildman–Crippen LogP) is 1.69. The summed E-state index contributed by atoms with van der Waals surface area (Å²) in [7, 11) is 0. The first-order valence-corrected chi connectivity index (χ1v) is 5.85. The van der Waals surface area contributed by atoms with Crippen molar-refractivity contribution in [1.29, 1.82) is 0 Å². The van der Waals surface area contributed by atoms with Gasteiger partial charge in [0.2, 0.25) is 0 Å². The normalized spacial score (nSPS) is 21.5. The van der Waals surface area contributed by atoms with Gasteiger partial charge in [-0.2, -0.15) is 0 Å². The lowest BCUT2D eigenvalue weighted by molar-refractivity contribution is 0.0292. The largest absolute Gasteiger partial charge is 0.507 e. The van der Waals surface area contributed by atoms with E-state index in [1.807, 2.05) is 12.1 Å². The molecule has 4 heteroatoms. The first-order chi connectivity index (χ1) is 7.25. The van der Waals surface area contributed by atoms with Gasteiger partial charge in [-0.3, -0.25) is 0 Å². The zero-order valence-corrected chi connectivity index (χ0v) is 9.96. The van der Waals surface area contributed by atoms with Crippen LogP contribution < -0.4 is 5.32 Å². The van der Waals surface area contributed by atoms with Crippen LogP contribution in [0.25, 0.3) is 0 Å². The number of rotatable bonds is 2. The summed E-state index contributed by atoms with van der Waals surface area (Å²) in [6.45, 7) is 2.59. The highest BCUT2D eigenvalue weighted by Crippen LogP contribution is 2.25. The molecule has 1 fully saturated rings. The maximum Gasteiger partial charge on any atom is 0.130 e. The Morgan fingerprint density at radius 3 is 3.07 bits per heavy atom. The maximum absolute atomic E-state index is 9.53. The molecule has 0 amide bonds. The van der Waals surface area contributed by atoms with Gasteiger partial charge in [0.05, 0.1) is 17.2 Å². The molecule has 1 unspecified atom stereocenters. The van der Waals surface area contributed by atoms with E-state index in [0.717, 1.165) is 36.2 Å². The number of nitrogens with one attached hydrogen (secondary N) is 1. The van der Waals surface area contributed by atoms with E-state index in [1.54, 1.807) is 6.07 Å². The molecule has 0 aromatic heterocycles. The molecule has 2 rings (SSSR count). The maximum atomic E-state index is 9.53. The third-order valence-electron chi connectivity index (χ3n) is 2.48. The number of hydrogen-bond acceptors (Lipinski definition) is 3. The fourth-order valence-electron chi connectivity index (χ4n) is 1.70. The predicted molar refractivity (Wildman–Crippen MR) is 62.1 cm³/mol. The summed E-state index contributed by atoms with van der Waals surface area (Å²) in [4.78, 5) is 0. The molecule has 0 spiro atoms. The Morgan fingerprint density at radius 2 is 2.40 bits per heavy atom. The lowest BCUT2D eigenvalue weighted by Gasteiger charge is -2.23. The van der Waals surface area contributed by atoms with Gasteiger partial charge >= 0.3 is 0 Å². The Kier molecular flexibility index (Phi) is 3.61. The van der Waals surface area contributed by atoms with E-state index in [-0.39, 0.29) is 11.9 Å². The van der Waals surface area contributed by atoms with Gasteiger partial charge in [0, 0.05) is 19.5 Å². The summed E-state index contributed by atoms with van der Waals surface area (Å²) >= 11 is 3.26. The molecule has 1 aliphatic rings. The van der Waals surface area contributed by atoms with E-state index >= 15 is 0 Å². The van der Waals surface area contributed by atoms with Crippen LogP contribution in [-0.2, 0) is 11.2 Å². The second-order valence-corrected chi connectivity index (χ2v) is 4.54. The molecule has 2 N–H and O–H groups in total. The molecule has 0 saturated carbocycles. The second-order valence-electron chi connectivity index (χ2n) is 3.69. The molecule has 0 aliphatic carbocycles. The van der Waals surface area contributed by atoms with Crippen molar-refractivity contribution < 1.29 is 9.84 Å². The standard InChI is InChI=1S/C11H14BrNO2/c12-10-2-1-8(6-11(10)14)5-9-7-13-3-4-15-9/h1-2,6,9,13-14H,3-5,7H2. The van der Waals surface area contributed by atoms with Crippen LogP contribution in [0, 0.1) is 0 Å². The first kappa shape index (κ1) is 10.9. The molecule has 1 aliphatic heterocycles. The van der Waals surface area contributed by atoms with Crippen LogP contribution in [0.1, 0.15) is 5.56 Å². The van der Waals surface area contributed by atoms with E-state index in [9.17, 15) is 5.11 Å². The highest BCUT2D eigenvalue weighted by molar-refractivity contribution is 9.10. The minimum absolute atomic E-state index is 0.222. The van der Waals surface area contributed by atoms with Gasteiger partial charge in [-0.1, -0.05) is 6.07 Å². The summed E-state index contributed by atoms with van der Waals surface area (Å²) in [5.74, 6) is 0.288. The lowest BCUT2D eigenvalue weighted by Crippen LogP contribution is -2.39. The van der Waals surface area contributed by atoms with Crippen LogP contribution in [0.5, 0.6) is 5.75 Å². The molecule has 0 radical (unpaired) electrons. The van der Waals surface area contributed by atoms with E-state index in [2.05, 4.69) is 21.2 Å². The molecule has 1 aromatic carbocycles. The minimum atomic E-state index is 0.222. The fourth-order valence-corrected chi connectivity index (χ4v) is 1.95. The minimum Gasteiger partial charge on any atom is -0.507 e. The monoisotopic (exact) mass is 271 g/mol. The molecule has 1 aromatic rings. The van der Waals surface area contributed by atoms with Gasteiger partial charge in [-0.25, -0.2) is 0 Å². The highest BCUT2D eigenvalue weighted by atomic mass is 79.9. The van der Waals surface area contributed by atoms with Gasteiger partial charge in [0.25, 0.3) is 0 Å². The lowest BCUT2D eigenvalue weighted by atomic mass is 10.1. The zero-order valence-electron chi connectivity index (χ0n) is 8.37. The van der Waals surface area contributed by atoms with Gasteiger partial charge < -0.3 is 15.2 Å². The summed E-state index contributed by atoms with van der Waals surface area (Å²) in [5, 5.41) is 12.8. The summed E-state index contributed by atoms with van der Waals surface area (Å²) in [6, 6.07) is 5.64. The van der Waals surface area contributed by atoms with Crippen molar-refractivity contribution >= 4 is 15.9 Å². The zero-order chi connectivity index (χ0) is 10.7. The average molecular weight is 272 g/mol. The highest BCUT2D eigenvalue weighted by Gasteiger charge is 2.14. The van der Waals surface area contributed by atoms with E-state index in [0.29, 0.717) is 0 Å². The molecule has 1 saturated heterocycles. The van der Waals surface area contributed by atoms with Crippen LogP contribution in [0.4, 0.5) is 0 Å². The Bertz CT molecular complexity index is 337. The quantitative estimate of drug-likeness (QED) is 0.860. The Morgan fingerprint density at radius 1 is 1.53 bits per heavy atom. The number of phenolic OH excluding ortho intramolecular Hbond substituents is 1. The smallest absolute Gasteiger partial charge is 0.130 e. The fraction of sp³-hybridized carbons (Fsp3) is 0.455. The van der Waals surface area contributed by atoms with Crippen molar-refractivity contribution in [3.63, 3.8) is 0 Å². The number of ether oxygens (including phenoxy) is 1. The molecular formula is C11H14BrNO2. The second kappa shape index (κ2) is 4.96. The van der Waals surface area contributed by atoms with Crippen LogP contribution >= 0.6 is 15.9 Å². The third-order valence-corrected chi connectivity index (χ3v) is 3.15. The number of phenols is 1.